The van der Waals surface area contributed by atoms with Gasteiger partial charge in [-0.3, -0.25) is 0 Å². The van der Waals surface area contributed by atoms with Crippen LogP contribution in [-0.4, -0.2) is 4.98 Å². The maximum atomic E-state index is 6.01. The van der Waals surface area contributed by atoms with Crippen LogP contribution in [0.5, 0.6) is 0 Å². The Morgan fingerprint density at radius 3 is 2.69 bits per heavy atom. The summed E-state index contributed by atoms with van der Waals surface area (Å²) in [6.07, 6.45) is 0. The molecule has 1 aromatic heterocycles. The predicted octanol–water partition coefficient (Wildman–Crippen LogP) is 3.85. The number of rotatable bonds is 0. The second kappa shape index (κ2) is 3.17. The highest BCUT2D eigenvalue weighted by Gasteiger charge is 2.03. The summed E-state index contributed by atoms with van der Waals surface area (Å²) in [5.41, 5.74) is 0.907. The highest BCUT2D eigenvalue weighted by atomic mass is 35.5. The van der Waals surface area contributed by atoms with Gasteiger partial charge in [-0.15, -0.1) is 0 Å². The molecule has 2 rings (SSSR count). The second-order valence-corrected chi connectivity index (χ2v) is 3.66. The molecule has 66 valence electrons. The summed E-state index contributed by atoms with van der Waals surface area (Å²) in [5.74, 6) is 0. The number of nitrogens with zero attached hydrogens (tertiary/aromatic N) is 1. The Morgan fingerprint density at radius 1 is 1.15 bits per heavy atom. The number of aromatic nitrogens is 1. The SMILES string of the molecule is Cc1nc(Cl)cc2c(Cl)cccc12. The molecule has 0 radical (unpaired) electrons. The van der Waals surface area contributed by atoms with Gasteiger partial charge in [-0.25, -0.2) is 4.98 Å². The Kier molecular flexibility index (Phi) is 2.14. The van der Waals surface area contributed by atoms with Gasteiger partial charge in [-0.1, -0.05) is 35.3 Å². The lowest BCUT2D eigenvalue weighted by Gasteiger charge is -2.03. The van der Waals surface area contributed by atoms with Crippen LogP contribution in [0.4, 0.5) is 0 Å². The van der Waals surface area contributed by atoms with Gasteiger partial charge in [0.2, 0.25) is 0 Å². The average molecular weight is 212 g/mol. The zero-order chi connectivity index (χ0) is 9.42. The lowest BCUT2D eigenvalue weighted by atomic mass is 10.1. The lowest BCUT2D eigenvalue weighted by Crippen LogP contribution is -1.85. The Hall–Kier alpha value is -0.790. The lowest BCUT2D eigenvalue weighted by molar-refractivity contribution is 1.24. The molecule has 13 heavy (non-hydrogen) atoms. The van der Waals surface area contributed by atoms with E-state index in [1.54, 1.807) is 6.07 Å². The molecular weight excluding hydrogens is 205 g/mol. The van der Waals surface area contributed by atoms with Crippen LogP contribution in [0, 0.1) is 6.92 Å². The van der Waals surface area contributed by atoms with Crippen molar-refractivity contribution in [1.29, 1.82) is 0 Å². The summed E-state index contributed by atoms with van der Waals surface area (Å²) in [6, 6.07) is 7.53. The van der Waals surface area contributed by atoms with Gasteiger partial charge in [-0.2, -0.15) is 0 Å². The summed E-state index contributed by atoms with van der Waals surface area (Å²) in [7, 11) is 0. The van der Waals surface area contributed by atoms with E-state index in [0.717, 1.165) is 16.5 Å². The Labute approximate surface area is 86.3 Å². The molecule has 0 aliphatic rings. The fourth-order valence-corrected chi connectivity index (χ4v) is 1.84. The van der Waals surface area contributed by atoms with Gasteiger partial charge in [-0.05, 0) is 19.1 Å². The molecule has 0 saturated heterocycles. The molecule has 0 saturated carbocycles. The van der Waals surface area contributed by atoms with Gasteiger partial charge in [0.1, 0.15) is 5.15 Å². The molecule has 0 aliphatic heterocycles. The molecule has 0 atom stereocenters. The quantitative estimate of drug-likeness (QED) is 0.604. The number of halogens is 2. The monoisotopic (exact) mass is 211 g/mol. The Balaban J connectivity index is 2.94. The highest BCUT2D eigenvalue weighted by Crippen LogP contribution is 2.26. The summed E-state index contributed by atoms with van der Waals surface area (Å²) in [6.45, 7) is 1.92. The van der Waals surface area contributed by atoms with Gasteiger partial charge in [0.25, 0.3) is 0 Å². The van der Waals surface area contributed by atoms with Gasteiger partial charge < -0.3 is 0 Å². The number of hydrogen-bond donors (Lipinski definition) is 0. The maximum Gasteiger partial charge on any atom is 0.130 e. The number of aryl methyl sites for hydroxylation is 1. The summed E-state index contributed by atoms with van der Waals surface area (Å²) < 4.78 is 0. The van der Waals surface area contributed by atoms with Crippen LogP contribution >= 0.6 is 23.2 Å². The van der Waals surface area contributed by atoms with Crippen LogP contribution in [0.15, 0.2) is 24.3 Å². The van der Waals surface area contributed by atoms with Gasteiger partial charge >= 0.3 is 0 Å². The first-order valence-electron chi connectivity index (χ1n) is 3.90. The number of fused-ring (bicyclic) bond motifs is 1. The van der Waals surface area contributed by atoms with E-state index in [-0.39, 0.29) is 0 Å². The van der Waals surface area contributed by atoms with E-state index in [1.807, 2.05) is 25.1 Å². The van der Waals surface area contributed by atoms with Crippen molar-refractivity contribution in [3.63, 3.8) is 0 Å². The molecule has 1 aromatic carbocycles. The smallest absolute Gasteiger partial charge is 0.130 e. The number of pyridine rings is 1. The molecule has 0 aliphatic carbocycles. The van der Waals surface area contributed by atoms with Crippen molar-refractivity contribution in [2.24, 2.45) is 0 Å². The molecule has 0 amide bonds. The summed E-state index contributed by atoms with van der Waals surface area (Å²) in [4.78, 5) is 4.15. The first-order valence-corrected chi connectivity index (χ1v) is 4.65. The van der Waals surface area contributed by atoms with Crippen LogP contribution in [0.1, 0.15) is 5.69 Å². The van der Waals surface area contributed by atoms with Gasteiger partial charge in [0.15, 0.2) is 0 Å². The van der Waals surface area contributed by atoms with Crippen molar-refractivity contribution in [1.82, 2.24) is 4.98 Å². The van der Waals surface area contributed by atoms with Crippen LogP contribution in [0.25, 0.3) is 10.8 Å². The highest BCUT2D eigenvalue weighted by molar-refractivity contribution is 6.36. The molecule has 0 spiro atoms. The van der Waals surface area contributed by atoms with E-state index in [9.17, 15) is 0 Å². The molecule has 0 N–H and O–H groups in total. The van der Waals surface area contributed by atoms with E-state index in [2.05, 4.69) is 4.98 Å². The van der Waals surface area contributed by atoms with Crippen molar-refractivity contribution < 1.29 is 0 Å². The molecule has 0 fully saturated rings. The molecule has 1 heterocycles. The molecule has 2 aromatic rings. The van der Waals surface area contributed by atoms with Crippen molar-refractivity contribution >= 4 is 34.0 Å². The molecule has 0 unspecified atom stereocenters. The average Bonchev–Trinajstić information content (AvgIpc) is 2.07. The standard InChI is InChI=1S/C10H7Cl2N/c1-6-7-3-2-4-9(11)8(7)5-10(12)13-6/h2-5H,1H3. The Bertz CT molecular complexity index is 466. The Morgan fingerprint density at radius 2 is 1.92 bits per heavy atom. The second-order valence-electron chi connectivity index (χ2n) is 2.87. The third kappa shape index (κ3) is 1.50. The number of hydrogen-bond acceptors (Lipinski definition) is 1. The first-order chi connectivity index (χ1) is 6.18. The van der Waals surface area contributed by atoms with Gasteiger partial charge in [0, 0.05) is 21.5 Å². The van der Waals surface area contributed by atoms with E-state index in [0.29, 0.717) is 10.2 Å². The van der Waals surface area contributed by atoms with Crippen LogP contribution in [0.2, 0.25) is 10.2 Å². The van der Waals surface area contributed by atoms with Crippen molar-refractivity contribution in [3.8, 4) is 0 Å². The largest absolute Gasteiger partial charge is 0.241 e. The normalized spacial score (nSPS) is 10.7. The minimum absolute atomic E-state index is 0.484. The molecule has 1 nitrogen and oxygen atoms in total. The van der Waals surface area contributed by atoms with Crippen molar-refractivity contribution in [3.05, 3.63) is 40.1 Å². The van der Waals surface area contributed by atoms with Crippen LogP contribution in [0.3, 0.4) is 0 Å². The van der Waals surface area contributed by atoms with Crippen LogP contribution < -0.4 is 0 Å². The summed E-state index contributed by atoms with van der Waals surface area (Å²) in [5, 5.41) is 3.21. The predicted molar refractivity (Wildman–Crippen MR) is 56.5 cm³/mol. The minimum atomic E-state index is 0.484. The maximum absolute atomic E-state index is 6.01. The molecular formula is C10H7Cl2N. The van der Waals surface area contributed by atoms with E-state index >= 15 is 0 Å². The fraction of sp³-hybridized carbons (Fsp3) is 0.100. The van der Waals surface area contributed by atoms with Crippen molar-refractivity contribution in [2.75, 3.05) is 0 Å². The van der Waals surface area contributed by atoms with E-state index in [4.69, 9.17) is 23.2 Å². The number of benzene rings is 1. The van der Waals surface area contributed by atoms with E-state index < -0.39 is 0 Å². The van der Waals surface area contributed by atoms with Gasteiger partial charge in [0.05, 0.1) is 0 Å². The minimum Gasteiger partial charge on any atom is -0.241 e. The third-order valence-corrected chi connectivity index (χ3v) is 2.50. The third-order valence-electron chi connectivity index (χ3n) is 1.98. The summed E-state index contributed by atoms with van der Waals surface area (Å²) >= 11 is 11.8. The fourth-order valence-electron chi connectivity index (χ4n) is 1.37. The van der Waals surface area contributed by atoms with E-state index in [1.165, 1.54) is 0 Å². The molecule has 0 bridgehead atoms. The topological polar surface area (TPSA) is 12.9 Å². The van der Waals surface area contributed by atoms with Crippen LogP contribution in [-0.2, 0) is 0 Å². The zero-order valence-electron chi connectivity index (χ0n) is 7.01. The molecule has 3 heteroatoms. The zero-order valence-corrected chi connectivity index (χ0v) is 8.52. The first kappa shape index (κ1) is 8.79. The van der Waals surface area contributed by atoms with Crippen molar-refractivity contribution in [2.45, 2.75) is 6.92 Å².